The Morgan fingerprint density at radius 2 is 1.84 bits per heavy atom. The summed E-state index contributed by atoms with van der Waals surface area (Å²) in [4.78, 5) is 11.7. The monoisotopic (exact) mass is 260 g/mol. The van der Waals surface area contributed by atoms with E-state index in [0.29, 0.717) is 12.5 Å². The smallest absolute Gasteiger partial charge is 0.223 e. The van der Waals surface area contributed by atoms with Gasteiger partial charge in [-0.05, 0) is 29.9 Å². The molecule has 3 heteroatoms. The summed E-state index contributed by atoms with van der Waals surface area (Å²) >= 11 is 0. The lowest BCUT2D eigenvalue weighted by molar-refractivity contribution is -0.127. The van der Waals surface area contributed by atoms with Gasteiger partial charge in [-0.1, -0.05) is 44.5 Å². The number of hydrogen-bond donors (Lipinski definition) is 2. The number of carbonyl (C=O) groups is 1. The Morgan fingerprint density at radius 1 is 1.26 bits per heavy atom. The van der Waals surface area contributed by atoms with Crippen LogP contribution in [0, 0.1) is 5.92 Å². The number of amides is 1. The maximum Gasteiger partial charge on any atom is 0.223 e. The van der Waals surface area contributed by atoms with Crippen LogP contribution in [-0.2, 0) is 4.79 Å². The number of benzene rings is 1. The predicted octanol–water partition coefficient (Wildman–Crippen LogP) is 2.73. The fourth-order valence-electron chi connectivity index (χ4n) is 2.27. The van der Waals surface area contributed by atoms with Crippen LogP contribution in [0.4, 0.5) is 0 Å². The maximum absolute atomic E-state index is 11.7. The van der Waals surface area contributed by atoms with Gasteiger partial charge < -0.3 is 11.1 Å². The summed E-state index contributed by atoms with van der Waals surface area (Å²) in [6.45, 7) is 4.87. The molecule has 1 amide bonds. The number of hydrogen-bond acceptors (Lipinski definition) is 2. The molecular weight excluding hydrogens is 236 g/mol. The lowest BCUT2D eigenvalue weighted by atomic mass is 9.85. The fraction of sp³-hybridized carbons (Fsp3) is 0.562. The van der Waals surface area contributed by atoms with Gasteiger partial charge in [0.2, 0.25) is 5.91 Å². The van der Waals surface area contributed by atoms with Gasteiger partial charge in [-0.2, -0.15) is 0 Å². The molecular formula is C16H24N2O. The average Bonchev–Trinajstić information content (AvgIpc) is 2.34. The first-order chi connectivity index (χ1) is 9.08. The minimum Gasteiger partial charge on any atom is -0.354 e. The normalized spacial score (nSPS) is 17.1. The molecule has 3 N–H and O–H groups in total. The van der Waals surface area contributed by atoms with Crippen LogP contribution >= 0.6 is 0 Å². The molecule has 0 spiro atoms. The highest BCUT2D eigenvalue weighted by Crippen LogP contribution is 2.26. The van der Waals surface area contributed by atoms with Crippen molar-refractivity contribution in [2.45, 2.75) is 45.1 Å². The standard InChI is InChI=1S/C16H24N2O/c1-11(2)12-6-8-13(9-7-12)15(17)10-18-16(19)14-4-3-5-14/h6-9,11,14-15H,3-5,10,17H2,1-2H3,(H,18,19). The minimum atomic E-state index is -0.120. The topological polar surface area (TPSA) is 55.1 Å². The molecule has 1 saturated carbocycles. The largest absolute Gasteiger partial charge is 0.354 e. The maximum atomic E-state index is 11.7. The van der Waals surface area contributed by atoms with E-state index in [2.05, 4.69) is 43.4 Å². The Labute approximate surface area is 115 Å². The third kappa shape index (κ3) is 3.57. The summed E-state index contributed by atoms with van der Waals surface area (Å²) in [5.41, 5.74) is 8.51. The molecule has 0 saturated heterocycles. The first-order valence-electron chi connectivity index (χ1n) is 7.21. The van der Waals surface area contributed by atoms with E-state index in [-0.39, 0.29) is 17.9 Å². The van der Waals surface area contributed by atoms with Crippen molar-refractivity contribution in [3.63, 3.8) is 0 Å². The van der Waals surface area contributed by atoms with E-state index in [4.69, 9.17) is 5.73 Å². The third-order valence-corrected chi connectivity index (χ3v) is 4.00. The molecule has 1 aromatic carbocycles. The van der Waals surface area contributed by atoms with Crippen LogP contribution < -0.4 is 11.1 Å². The summed E-state index contributed by atoms with van der Waals surface area (Å²) in [5.74, 6) is 0.930. The zero-order chi connectivity index (χ0) is 13.8. The molecule has 0 aliphatic heterocycles. The van der Waals surface area contributed by atoms with E-state index in [1.807, 2.05) is 0 Å². The molecule has 2 rings (SSSR count). The zero-order valence-electron chi connectivity index (χ0n) is 11.9. The lowest BCUT2D eigenvalue weighted by Crippen LogP contribution is -2.38. The van der Waals surface area contributed by atoms with E-state index in [1.54, 1.807) is 0 Å². The molecule has 1 fully saturated rings. The second-order valence-corrected chi connectivity index (χ2v) is 5.80. The molecule has 0 heterocycles. The zero-order valence-corrected chi connectivity index (χ0v) is 11.9. The SMILES string of the molecule is CC(C)c1ccc(C(N)CNC(=O)C2CCC2)cc1. The van der Waals surface area contributed by atoms with Gasteiger partial charge in [0.1, 0.15) is 0 Å². The number of carbonyl (C=O) groups excluding carboxylic acids is 1. The Kier molecular flexibility index (Phi) is 4.59. The highest BCUT2D eigenvalue weighted by Gasteiger charge is 2.25. The second-order valence-electron chi connectivity index (χ2n) is 5.80. The van der Waals surface area contributed by atoms with E-state index >= 15 is 0 Å². The molecule has 0 aromatic heterocycles. The Bertz CT molecular complexity index is 421. The fourth-order valence-corrected chi connectivity index (χ4v) is 2.27. The lowest BCUT2D eigenvalue weighted by Gasteiger charge is -2.25. The van der Waals surface area contributed by atoms with Crippen LogP contribution in [0.2, 0.25) is 0 Å². The molecule has 1 unspecified atom stereocenters. The molecule has 0 bridgehead atoms. The minimum absolute atomic E-state index is 0.120. The molecule has 1 atom stereocenters. The van der Waals surface area contributed by atoms with Crippen LogP contribution in [0.3, 0.4) is 0 Å². The van der Waals surface area contributed by atoms with Crippen molar-refractivity contribution >= 4 is 5.91 Å². The van der Waals surface area contributed by atoms with Gasteiger partial charge in [-0.15, -0.1) is 0 Å². The highest BCUT2D eigenvalue weighted by molar-refractivity contribution is 5.79. The number of nitrogens with one attached hydrogen (secondary N) is 1. The quantitative estimate of drug-likeness (QED) is 0.855. The van der Waals surface area contributed by atoms with Crippen molar-refractivity contribution in [1.82, 2.24) is 5.32 Å². The third-order valence-electron chi connectivity index (χ3n) is 4.00. The summed E-state index contributed by atoms with van der Waals surface area (Å²) in [5, 5.41) is 2.96. The van der Waals surface area contributed by atoms with Crippen molar-refractivity contribution in [3.05, 3.63) is 35.4 Å². The summed E-state index contributed by atoms with van der Waals surface area (Å²) in [7, 11) is 0. The summed E-state index contributed by atoms with van der Waals surface area (Å²) in [6.07, 6.45) is 3.25. The van der Waals surface area contributed by atoms with Gasteiger partial charge in [-0.3, -0.25) is 4.79 Å². The second kappa shape index (κ2) is 6.20. The van der Waals surface area contributed by atoms with Gasteiger partial charge in [-0.25, -0.2) is 0 Å². The van der Waals surface area contributed by atoms with E-state index in [9.17, 15) is 4.79 Å². The van der Waals surface area contributed by atoms with Crippen molar-refractivity contribution in [3.8, 4) is 0 Å². The summed E-state index contributed by atoms with van der Waals surface area (Å²) < 4.78 is 0. The van der Waals surface area contributed by atoms with Gasteiger partial charge >= 0.3 is 0 Å². The van der Waals surface area contributed by atoms with Gasteiger partial charge in [0.15, 0.2) is 0 Å². The van der Waals surface area contributed by atoms with E-state index in [1.165, 1.54) is 12.0 Å². The van der Waals surface area contributed by atoms with E-state index < -0.39 is 0 Å². The average molecular weight is 260 g/mol. The highest BCUT2D eigenvalue weighted by atomic mass is 16.1. The van der Waals surface area contributed by atoms with Crippen LogP contribution in [0.1, 0.15) is 56.2 Å². The van der Waals surface area contributed by atoms with Crippen molar-refractivity contribution < 1.29 is 4.79 Å². The number of rotatable bonds is 5. The molecule has 0 radical (unpaired) electrons. The summed E-state index contributed by atoms with van der Waals surface area (Å²) in [6, 6.07) is 8.25. The van der Waals surface area contributed by atoms with Crippen LogP contribution in [-0.4, -0.2) is 12.5 Å². The van der Waals surface area contributed by atoms with Gasteiger partial charge in [0.25, 0.3) is 0 Å². The Hall–Kier alpha value is -1.35. The molecule has 1 aromatic rings. The molecule has 104 valence electrons. The van der Waals surface area contributed by atoms with Crippen molar-refractivity contribution in [1.29, 1.82) is 0 Å². The number of nitrogens with two attached hydrogens (primary N) is 1. The van der Waals surface area contributed by atoms with Crippen LogP contribution in [0.25, 0.3) is 0 Å². The molecule has 1 aliphatic carbocycles. The Balaban J connectivity index is 1.84. The molecule has 19 heavy (non-hydrogen) atoms. The molecule has 1 aliphatic rings. The first kappa shape index (κ1) is 14.1. The Morgan fingerprint density at radius 3 is 2.32 bits per heavy atom. The molecule has 3 nitrogen and oxygen atoms in total. The van der Waals surface area contributed by atoms with Gasteiger partial charge in [0.05, 0.1) is 0 Å². The first-order valence-corrected chi connectivity index (χ1v) is 7.21. The van der Waals surface area contributed by atoms with Crippen molar-refractivity contribution in [2.75, 3.05) is 6.54 Å². The van der Waals surface area contributed by atoms with Gasteiger partial charge in [0, 0.05) is 18.5 Å². The van der Waals surface area contributed by atoms with Crippen LogP contribution in [0.5, 0.6) is 0 Å². The van der Waals surface area contributed by atoms with Crippen molar-refractivity contribution in [2.24, 2.45) is 11.7 Å². The van der Waals surface area contributed by atoms with E-state index in [0.717, 1.165) is 18.4 Å². The predicted molar refractivity (Wildman–Crippen MR) is 77.8 cm³/mol. The van der Waals surface area contributed by atoms with Crippen LogP contribution in [0.15, 0.2) is 24.3 Å².